The molecule has 1 saturated carbocycles. The number of amides is 1. The van der Waals surface area contributed by atoms with Crippen molar-refractivity contribution in [1.82, 2.24) is 0 Å². The van der Waals surface area contributed by atoms with E-state index in [1.807, 2.05) is 43.3 Å². The molecule has 5 nitrogen and oxygen atoms in total. The molecule has 0 bridgehead atoms. The topological polar surface area (TPSA) is 62.1 Å². The summed E-state index contributed by atoms with van der Waals surface area (Å²) in [7, 11) is 0. The molecule has 1 saturated heterocycles. The van der Waals surface area contributed by atoms with Gasteiger partial charge in [-0.1, -0.05) is 41.9 Å². The molecule has 0 unspecified atom stereocenters. The predicted octanol–water partition coefficient (Wildman–Crippen LogP) is 5.46. The molecule has 1 aliphatic carbocycles. The zero-order valence-corrected chi connectivity index (χ0v) is 19.5. The number of para-hydroxylation sites is 1. The van der Waals surface area contributed by atoms with E-state index in [4.69, 9.17) is 16.3 Å². The van der Waals surface area contributed by atoms with Crippen LogP contribution in [0.4, 0.5) is 5.69 Å². The van der Waals surface area contributed by atoms with Crippen LogP contribution in [0, 0.1) is 12.3 Å². The van der Waals surface area contributed by atoms with E-state index >= 15 is 0 Å². The molecule has 32 heavy (non-hydrogen) atoms. The summed E-state index contributed by atoms with van der Waals surface area (Å²) in [6.07, 6.45) is 5.47. The van der Waals surface area contributed by atoms with E-state index < -0.39 is 0 Å². The molecule has 2 fully saturated rings. The Kier molecular flexibility index (Phi) is 6.74. The number of aryl methyl sites for hydroxylation is 1. The van der Waals surface area contributed by atoms with Crippen LogP contribution >= 0.6 is 23.4 Å². The molecule has 0 aromatic heterocycles. The summed E-state index contributed by atoms with van der Waals surface area (Å²) in [5.41, 5.74) is 2.50. The lowest BCUT2D eigenvalue weighted by atomic mass is 10.1. The van der Waals surface area contributed by atoms with Crippen molar-refractivity contribution in [1.29, 1.82) is 0 Å². The number of amidine groups is 1. The van der Waals surface area contributed by atoms with E-state index in [9.17, 15) is 9.90 Å². The Bertz CT molecular complexity index is 1110. The first-order chi connectivity index (χ1) is 15.5. The molecule has 2 aromatic carbocycles. The van der Waals surface area contributed by atoms with E-state index in [2.05, 4.69) is 11.6 Å². The molecule has 1 heterocycles. The first-order valence-corrected chi connectivity index (χ1v) is 11.6. The minimum Gasteiger partial charge on any atom is -0.491 e. The van der Waals surface area contributed by atoms with Gasteiger partial charge in [-0.15, -0.1) is 6.58 Å². The molecule has 0 atom stereocenters. The maximum atomic E-state index is 13.3. The molecule has 0 spiro atoms. The number of thioether (sulfide) groups is 1. The second-order valence-electron chi connectivity index (χ2n) is 8.09. The number of carbonyl (C=O) groups excluding carboxylic acids is 1. The van der Waals surface area contributed by atoms with Gasteiger partial charge in [0.25, 0.3) is 5.91 Å². The van der Waals surface area contributed by atoms with Gasteiger partial charge in [0, 0.05) is 5.41 Å². The van der Waals surface area contributed by atoms with Crippen LogP contribution in [0.3, 0.4) is 0 Å². The maximum absolute atomic E-state index is 13.3. The predicted molar refractivity (Wildman–Crippen MR) is 132 cm³/mol. The van der Waals surface area contributed by atoms with Gasteiger partial charge in [-0.3, -0.25) is 14.7 Å². The van der Waals surface area contributed by atoms with Crippen LogP contribution in [-0.2, 0) is 4.79 Å². The number of aliphatic hydroxyl groups excluding tert-OH is 1. The van der Waals surface area contributed by atoms with Gasteiger partial charge in [0.05, 0.1) is 35.4 Å². The van der Waals surface area contributed by atoms with Crippen LogP contribution < -0.4 is 9.64 Å². The van der Waals surface area contributed by atoms with Gasteiger partial charge in [0.15, 0.2) is 5.17 Å². The third-order valence-corrected chi connectivity index (χ3v) is 6.90. The number of hydrogen-bond donors (Lipinski definition) is 1. The highest BCUT2D eigenvalue weighted by Gasteiger charge is 2.43. The van der Waals surface area contributed by atoms with Gasteiger partial charge in [-0.25, -0.2) is 0 Å². The number of nitrogens with zero attached hydrogens (tertiary/aromatic N) is 2. The normalized spacial score (nSPS) is 19.6. The molecular weight excluding hydrogens is 444 g/mol. The number of ether oxygens (including phenoxy) is 1. The summed E-state index contributed by atoms with van der Waals surface area (Å²) in [6, 6.07) is 13.2. The van der Waals surface area contributed by atoms with Gasteiger partial charge in [-0.05, 0) is 66.9 Å². The summed E-state index contributed by atoms with van der Waals surface area (Å²) < 4.78 is 5.83. The highest BCUT2D eigenvalue weighted by atomic mass is 35.5. The van der Waals surface area contributed by atoms with Gasteiger partial charge in [0.2, 0.25) is 0 Å². The quantitative estimate of drug-likeness (QED) is 0.412. The van der Waals surface area contributed by atoms with Crippen LogP contribution in [0.5, 0.6) is 5.75 Å². The van der Waals surface area contributed by atoms with Crippen molar-refractivity contribution in [3.05, 3.63) is 76.2 Å². The number of hydrogen-bond acceptors (Lipinski definition) is 5. The molecule has 4 rings (SSSR count). The Hall–Kier alpha value is -2.54. The van der Waals surface area contributed by atoms with E-state index in [1.54, 1.807) is 23.1 Å². The largest absolute Gasteiger partial charge is 0.491 e. The van der Waals surface area contributed by atoms with Crippen molar-refractivity contribution >= 4 is 46.2 Å². The van der Waals surface area contributed by atoms with Crippen LogP contribution in [-0.4, -0.2) is 35.9 Å². The Morgan fingerprint density at radius 1 is 1.31 bits per heavy atom. The van der Waals surface area contributed by atoms with Crippen molar-refractivity contribution in [3.63, 3.8) is 0 Å². The summed E-state index contributed by atoms with van der Waals surface area (Å²) in [4.78, 5) is 20.0. The summed E-state index contributed by atoms with van der Waals surface area (Å²) in [5, 5.41) is 10.6. The number of aliphatic hydroxyl groups is 1. The molecule has 2 aromatic rings. The third-order valence-electron chi connectivity index (χ3n) is 5.60. The first-order valence-electron chi connectivity index (χ1n) is 10.4. The van der Waals surface area contributed by atoms with Crippen molar-refractivity contribution in [2.45, 2.75) is 19.8 Å². The fraction of sp³-hybridized carbons (Fsp3) is 0.280. The summed E-state index contributed by atoms with van der Waals surface area (Å²) in [5.74, 6) is 0.455. The average Bonchev–Trinajstić information content (AvgIpc) is 3.51. The van der Waals surface area contributed by atoms with E-state index in [0.29, 0.717) is 34.0 Å². The molecule has 0 radical (unpaired) electrons. The van der Waals surface area contributed by atoms with Crippen molar-refractivity contribution in [2.75, 3.05) is 24.7 Å². The fourth-order valence-corrected chi connectivity index (χ4v) is 4.60. The van der Waals surface area contributed by atoms with E-state index in [0.717, 1.165) is 29.7 Å². The number of rotatable bonds is 8. The molecule has 1 amide bonds. The van der Waals surface area contributed by atoms with Gasteiger partial charge < -0.3 is 9.84 Å². The maximum Gasteiger partial charge on any atom is 0.271 e. The minimum atomic E-state index is -0.123. The van der Waals surface area contributed by atoms with Crippen LogP contribution in [0.25, 0.3) is 6.08 Å². The highest BCUT2D eigenvalue weighted by molar-refractivity contribution is 8.19. The monoisotopic (exact) mass is 468 g/mol. The first kappa shape index (κ1) is 22.6. The standard InChI is InChI=1S/C25H25ClN2O3S/c1-3-12-27-24-28(20-7-5-4-6-17(20)2)23(30)22(32-24)14-18-8-9-21(19(26)13-18)31-16-25(15-29)10-11-25/h3-9,13-14,29H,1,10-12,15-16H2,2H3/b22-14-,27-24?. The zero-order chi connectivity index (χ0) is 22.7. The fourth-order valence-electron chi connectivity index (χ4n) is 3.38. The molecule has 7 heteroatoms. The number of halogens is 1. The lowest BCUT2D eigenvalue weighted by Gasteiger charge is -2.17. The zero-order valence-electron chi connectivity index (χ0n) is 17.9. The number of anilines is 1. The lowest BCUT2D eigenvalue weighted by Crippen LogP contribution is -2.29. The highest BCUT2D eigenvalue weighted by Crippen LogP contribution is 2.45. The molecular formula is C25H25ClN2O3S. The Labute approximate surface area is 197 Å². The average molecular weight is 469 g/mol. The van der Waals surface area contributed by atoms with E-state index in [-0.39, 0.29) is 17.9 Å². The second-order valence-corrected chi connectivity index (χ2v) is 9.50. The minimum absolute atomic E-state index is 0.114. The number of benzene rings is 2. The van der Waals surface area contributed by atoms with E-state index in [1.165, 1.54) is 11.8 Å². The molecule has 1 N–H and O–H groups in total. The van der Waals surface area contributed by atoms with Crippen LogP contribution in [0.1, 0.15) is 24.0 Å². The van der Waals surface area contributed by atoms with Crippen molar-refractivity contribution < 1.29 is 14.6 Å². The summed E-state index contributed by atoms with van der Waals surface area (Å²) in [6.45, 7) is 6.70. The second kappa shape index (κ2) is 9.53. The summed E-state index contributed by atoms with van der Waals surface area (Å²) >= 11 is 7.77. The Balaban J connectivity index is 1.58. The lowest BCUT2D eigenvalue weighted by molar-refractivity contribution is -0.113. The molecule has 1 aliphatic heterocycles. The van der Waals surface area contributed by atoms with Gasteiger partial charge >= 0.3 is 0 Å². The smallest absolute Gasteiger partial charge is 0.271 e. The van der Waals surface area contributed by atoms with Crippen molar-refractivity contribution in [3.8, 4) is 5.75 Å². The molecule has 166 valence electrons. The number of carbonyl (C=O) groups is 1. The third kappa shape index (κ3) is 4.77. The van der Waals surface area contributed by atoms with Crippen LogP contribution in [0.15, 0.2) is 65.0 Å². The van der Waals surface area contributed by atoms with Crippen LogP contribution in [0.2, 0.25) is 5.02 Å². The van der Waals surface area contributed by atoms with Gasteiger partial charge in [-0.2, -0.15) is 0 Å². The Morgan fingerprint density at radius 3 is 2.75 bits per heavy atom. The Morgan fingerprint density at radius 2 is 2.09 bits per heavy atom. The molecule has 2 aliphatic rings. The van der Waals surface area contributed by atoms with Gasteiger partial charge in [0.1, 0.15) is 5.75 Å². The SMILES string of the molecule is C=CCN=C1S/C(=C\c2ccc(OCC3(CO)CC3)c(Cl)c2)C(=O)N1c1ccccc1C. The number of aliphatic imine (C=N–C) groups is 1. The van der Waals surface area contributed by atoms with Crippen molar-refractivity contribution in [2.24, 2.45) is 10.4 Å².